The van der Waals surface area contributed by atoms with Crippen LogP contribution in [-0.2, 0) is 9.59 Å². The zero-order valence-corrected chi connectivity index (χ0v) is 13.4. The summed E-state index contributed by atoms with van der Waals surface area (Å²) in [6, 6.07) is 5.31. The molecule has 0 saturated heterocycles. The fraction of sp³-hybridized carbons (Fsp3) is 0.444. The molecule has 2 fully saturated rings. The molecule has 4 nitrogen and oxygen atoms in total. The highest BCUT2D eigenvalue weighted by molar-refractivity contribution is 6.31. The molecule has 1 aromatic rings. The molecule has 0 aromatic heterocycles. The van der Waals surface area contributed by atoms with Crippen LogP contribution >= 0.6 is 11.6 Å². The zero-order valence-electron chi connectivity index (χ0n) is 12.7. The van der Waals surface area contributed by atoms with Gasteiger partial charge in [0, 0.05) is 22.6 Å². The molecule has 4 aliphatic rings. The van der Waals surface area contributed by atoms with E-state index in [0.717, 1.165) is 12.0 Å². The second kappa shape index (κ2) is 5.10. The Morgan fingerprint density at radius 3 is 2.43 bits per heavy atom. The van der Waals surface area contributed by atoms with Gasteiger partial charge in [0.15, 0.2) is 0 Å². The Bertz CT molecular complexity index is 729. The summed E-state index contributed by atoms with van der Waals surface area (Å²) in [5.74, 6) is -1.82. The Labute approximate surface area is 139 Å². The molecule has 23 heavy (non-hydrogen) atoms. The van der Waals surface area contributed by atoms with Crippen LogP contribution in [0.3, 0.4) is 0 Å². The van der Waals surface area contributed by atoms with Gasteiger partial charge in [-0.15, -0.1) is 0 Å². The molecule has 5 heteroatoms. The average molecular weight is 331 g/mol. The van der Waals surface area contributed by atoms with Crippen LogP contribution < -0.4 is 10.4 Å². The topological polar surface area (TPSA) is 69.2 Å². The lowest BCUT2D eigenvalue weighted by molar-refractivity contribution is -0.316. The molecule has 120 valence electrons. The number of carbonyl (C=O) groups is 2. The van der Waals surface area contributed by atoms with Crippen LogP contribution in [0, 0.1) is 42.4 Å². The SMILES string of the molecule is Cc1ccc(NC(=O)C2C3C=CC(C4CC34)C2C(=O)[O-])cc1Cl. The van der Waals surface area contributed by atoms with Gasteiger partial charge in [-0.25, -0.2) is 0 Å². The maximum atomic E-state index is 12.8. The molecule has 2 bridgehead atoms. The Morgan fingerprint density at radius 1 is 1.17 bits per heavy atom. The predicted octanol–water partition coefficient (Wildman–Crippen LogP) is 2.02. The van der Waals surface area contributed by atoms with E-state index in [9.17, 15) is 14.7 Å². The number of benzene rings is 1. The van der Waals surface area contributed by atoms with Crippen molar-refractivity contribution in [3.05, 3.63) is 40.9 Å². The van der Waals surface area contributed by atoms with Crippen LogP contribution in [0.15, 0.2) is 30.4 Å². The molecule has 0 heterocycles. The van der Waals surface area contributed by atoms with Gasteiger partial charge in [0.25, 0.3) is 0 Å². The van der Waals surface area contributed by atoms with E-state index in [2.05, 4.69) is 5.32 Å². The van der Waals surface area contributed by atoms with Gasteiger partial charge >= 0.3 is 0 Å². The summed E-state index contributed by atoms with van der Waals surface area (Å²) in [6.45, 7) is 1.89. The summed E-state index contributed by atoms with van der Waals surface area (Å²) < 4.78 is 0. The van der Waals surface area contributed by atoms with Gasteiger partial charge in [0.05, 0.1) is 5.92 Å². The minimum Gasteiger partial charge on any atom is -0.550 e. The van der Waals surface area contributed by atoms with E-state index in [-0.39, 0.29) is 17.7 Å². The number of fused-ring (bicyclic) bond motifs is 1. The summed E-state index contributed by atoms with van der Waals surface area (Å²) in [7, 11) is 0. The zero-order chi connectivity index (χ0) is 16.3. The number of aliphatic carboxylic acids is 1. The van der Waals surface area contributed by atoms with Crippen molar-refractivity contribution in [1.29, 1.82) is 0 Å². The number of anilines is 1. The molecular weight excluding hydrogens is 314 g/mol. The predicted molar refractivity (Wildman–Crippen MR) is 84.5 cm³/mol. The van der Waals surface area contributed by atoms with Crippen molar-refractivity contribution < 1.29 is 14.7 Å². The average Bonchev–Trinajstić information content (AvgIpc) is 3.32. The fourth-order valence-electron chi connectivity index (χ4n) is 4.45. The first-order valence-electron chi connectivity index (χ1n) is 7.93. The Morgan fingerprint density at radius 2 is 1.83 bits per heavy atom. The number of hydrogen-bond acceptors (Lipinski definition) is 3. The third-order valence-corrected chi connectivity index (χ3v) is 6.07. The minimum absolute atomic E-state index is 0.00817. The molecule has 0 spiro atoms. The number of carboxylic acid groups (broad SMARTS) is 1. The van der Waals surface area contributed by atoms with Gasteiger partial charge in [-0.2, -0.15) is 0 Å². The van der Waals surface area contributed by atoms with Crippen LogP contribution in [0.2, 0.25) is 5.02 Å². The molecule has 0 radical (unpaired) electrons. The Kier molecular flexibility index (Phi) is 3.27. The van der Waals surface area contributed by atoms with E-state index in [1.807, 2.05) is 25.1 Å². The van der Waals surface area contributed by atoms with Crippen LogP contribution in [0.1, 0.15) is 12.0 Å². The molecule has 6 atom stereocenters. The van der Waals surface area contributed by atoms with E-state index in [4.69, 9.17) is 11.6 Å². The third-order valence-electron chi connectivity index (χ3n) is 5.67. The lowest BCUT2D eigenvalue weighted by atomic mass is 9.62. The van der Waals surface area contributed by atoms with Crippen molar-refractivity contribution in [1.82, 2.24) is 0 Å². The summed E-state index contributed by atoms with van der Waals surface area (Å²) in [4.78, 5) is 24.4. The van der Waals surface area contributed by atoms with Crippen molar-refractivity contribution in [2.24, 2.45) is 35.5 Å². The lowest BCUT2D eigenvalue weighted by Crippen LogP contribution is -2.52. The fourth-order valence-corrected chi connectivity index (χ4v) is 4.63. The summed E-state index contributed by atoms with van der Waals surface area (Å²) in [6.07, 6.45) is 5.03. The molecular formula is C18H17ClNO3-. The first-order chi connectivity index (χ1) is 11.0. The number of hydrogen-bond donors (Lipinski definition) is 1. The maximum Gasteiger partial charge on any atom is 0.228 e. The molecule has 6 unspecified atom stereocenters. The molecule has 1 aromatic carbocycles. The number of halogens is 1. The van der Waals surface area contributed by atoms with E-state index in [1.165, 1.54) is 0 Å². The molecule has 4 aliphatic carbocycles. The van der Waals surface area contributed by atoms with E-state index < -0.39 is 17.8 Å². The smallest absolute Gasteiger partial charge is 0.228 e. The normalized spacial score (nSPS) is 36.4. The van der Waals surface area contributed by atoms with E-state index in [0.29, 0.717) is 22.5 Å². The second-order valence-corrected chi connectivity index (χ2v) is 7.33. The van der Waals surface area contributed by atoms with Crippen molar-refractivity contribution >= 4 is 29.2 Å². The monoisotopic (exact) mass is 330 g/mol. The second-order valence-electron chi connectivity index (χ2n) is 6.93. The summed E-state index contributed by atoms with van der Waals surface area (Å²) in [5, 5.41) is 15.0. The number of carbonyl (C=O) groups excluding carboxylic acids is 2. The van der Waals surface area contributed by atoms with Crippen LogP contribution in [-0.4, -0.2) is 11.9 Å². The first kappa shape index (κ1) is 14.8. The van der Waals surface area contributed by atoms with Gasteiger partial charge in [0.1, 0.15) is 0 Å². The van der Waals surface area contributed by atoms with Crippen LogP contribution in [0.5, 0.6) is 0 Å². The quantitative estimate of drug-likeness (QED) is 0.862. The van der Waals surface area contributed by atoms with Gasteiger partial charge in [-0.05, 0) is 54.7 Å². The van der Waals surface area contributed by atoms with Gasteiger partial charge in [0.2, 0.25) is 5.91 Å². The van der Waals surface area contributed by atoms with Crippen molar-refractivity contribution in [3.63, 3.8) is 0 Å². The number of allylic oxidation sites excluding steroid dienone is 2. The number of rotatable bonds is 3. The first-order valence-corrected chi connectivity index (χ1v) is 8.31. The minimum atomic E-state index is -1.11. The van der Waals surface area contributed by atoms with Gasteiger partial charge in [-0.1, -0.05) is 29.8 Å². The number of amides is 1. The number of aryl methyl sites for hydroxylation is 1. The molecule has 5 rings (SSSR count). The van der Waals surface area contributed by atoms with Crippen LogP contribution in [0.4, 0.5) is 5.69 Å². The summed E-state index contributed by atoms with van der Waals surface area (Å²) >= 11 is 6.09. The maximum absolute atomic E-state index is 12.8. The Balaban J connectivity index is 1.60. The molecule has 0 aliphatic heterocycles. The van der Waals surface area contributed by atoms with Crippen molar-refractivity contribution in [3.8, 4) is 0 Å². The molecule has 1 N–H and O–H groups in total. The highest BCUT2D eigenvalue weighted by Crippen LogP contribution is 2.63. The number of nitrogens with one attached hydrogen (secondary N) is 1. The van der Waals surface area contributed by atoms with Crippen molar-refractivity contribution in [2.45, 2.75) is 13.3 Å². The van der Waals surface area contributed by atoms with Gasteiger partial charge < -0.3 is 15.2 Å². The highest BCUT2D eigenvalue weighted by Gasteiger charge is 2.61. The number of carboxylic acids is 1. The summed E-state index contributed by atoms with van der Waals surface area (Å²) in [5.41, 5.74) is 1.53. The van der Waals surface area contributed by atoms with E-state index in [1.54, 1.807) is 12.1 Å². The van der Waals surface area contributed by atoms with Crippen molar-refractivity contribution in [2.75, 3.05) is 5.32 Å². The Hall–Kier alpha value is -1.81. The highest BCUT2D eigenvalue weighted by atomic mass is 35.5. The standard InChI is InChI=1S/C18H18ClNO3/c1-8-2-3-9(6-14(8)19)20-17(21)15-10-4-5-11(13-7-12(10)13)16(15)18(22)23/h2-6,10-13,15-16H,7H2,1H3,(H,20,21)(H,22,23)/p-1. The third kappa shape index (κ3) is 2.27. The van der Waals surface area contributed by atoms with Crippen LogP contribution in [0.25, 0.3) is 0 Å². The van der Waals surface area contributed by atoms with E-state index >= 15 is 0 Å². The molecule has 2 saturated carbocycles. The largest absolute Gasteiger partial charge is 0.550 e. The van der Waals surface area contributed by atoms with Gasteiger partial charge in [-0.3, -0.25) is 4.79 Å². The molecule has 1 amide bonds. The lowest BCUT2D eigenvalue weighted by Gasteiger charge is -2.44.